The Hall–Kier alpha value is -1.68. The third-order valence-electron chi connectivity index (χ3n) is 3.77. The van der Waals surface area contributed by atoms with Gasteiger partial charge in [-0.25, -0.2) is 4.98 Å². The highest BCUT2D eigenvalue weighted by Crippen LogP contribution is 2.44. The summed E-state index contributed by atoms with van der Waals surface area (Å²) in [5, 5.41) is 0.957. The average Bonchev–Trinajstić information content (AvgIpc) is 3.29. The van der Waals surface area contributed by atoms with Crippen LogP contribution < -0.4 is 4.90 Å². The van der Waals surface area contributed by atoms with E-state index in [-0.39, 0.29) is 0 Å². The van der Waals surface area contributed by atoms with Gasteiger partial charge in [0, 0.05) is 18.2 Å². The van der Waals surface area contributed by atoms with Crippen LogP contribution >= 0.6 is 11.3 Å². The molecule has 3 nitrogen and oxygen atoms in total. The van der Waals surface area contributed by atoms with Crippen molar-refractivity contribution in [1.29, 1.82) is 0 Å². The highest BCUT2D eigenvalue weighted by Gasteiger charge is 2.30. The van der Waals surface area contributed by atoms with Gasteiger partial charge in [-0.15, -0.1) is 0 Å². The van der Waals surface area contributed by atoms with Gasteiger partial charge in [-0.1, -0.05) is 42.9 Å². The molecule has 1 fully saturated rings. The number of thiazole rings is 1. The van der Waals surface area contributed by atoms with E-state index in [4.69, 9.17) is 4.98 Å². The third-order valence-corrected chi connectivity index (χ3v) is 4.79. The van der Waals surface area contributed by atoms with Crippen LogP contribution in [0.15, 0.2) is 30.3 Å². The van der Waals surface area contributed by atoms with Crippen LogP contribution in [0.1, 0.15) is 53.9 Å². The molecule has 1 aliphatic carbocycles. The molecule has 0 aliphatic heterocycles. The van der Waals surface area contributed by atoms with Gasteiger partial charge in [-0.05, 0) is 31.4 Å². The number of para-hydroxylation sites is 1. The van der Waals surface area contributed by atoms with E-state index in [0.717, 1.165) is 47.1 Å². The molecule has 0 spiro atoms. The molecule has 1 saturated carbocycles. The van der Waals surface area contributed by atoms with E-state index in [1.165, 1.54) is 24.2 Å². The van der Waals surface area contributed by atoms with Crippen LogP contribution in [0.5, 0.6) is 0 Å². The molecular weight excluding hydrogens is 280 g/mol. The van der Waals surface area contributed by atoms with E-state index >= 15 is 0 Å². The highest BCUT2D eigenvalue weighted by atomic mass is 32.1. The van der Waals surface area contributed by atoms with Gasteiger partial charge in [0.15, 0.2) is 11.4 Å². The first kappa shape index (κ1) is 14.3. The Morgan fingerprint density at radius 2 is 2.10 bits per heavy atom. The molecule has 3 rings (SSSR count). The number of hydrogen-bond acceptors (Lipinski definition) is 4. The Bertz CT molecular complexity index is 605. The van der Waals surface area contributed by atoms with Crippen LogP contribution in [0.2, 0.25) is 0 Å². The molecule has 0 N–H and O–H groups in total. The fraction of sp³-hybridized carbons (Fsp3) is 0.412. The van der Waals surface area contributed by atoms with Crippen molar-refractivity contribution in [1.82, 2.24) is 4.98 Å². The van der Waals surface area contributed by atoms with Crippen molar-refractivity contribution < 1.29 is 4.79 Å². The summed E-state index contributed by atoms with van der Waals surface area (Å²) in [6, 6.07) is 10.3. The van der Waals surface area contributed by atoms with Crippen LogP contribution in [0, 0.1) is 0 Å². The largest absolute Gasteiger partial charge is 0.318 e. The van der Waals surface area contributed by atoms with Gasteiger partial charge in [0.2, 0.25) is 0 Å². The summed E-state index contributed by atoms with van der Waals surface area (Å²) in [4.78, 5) is 19.1. The van der Waals surface area contributed by atoms with Crippen molar-refractivity contribution in [3.05, 3.63) is 40.9 Å². The number of carbonyl (C=O) groups excluding carboxylic acids is 1. The van der Waals surface area contributed by atoms with Gasteiger partial charge in [0.25, 0.3) is 0 Å². The van der Waals surface area contributed by atoms with Crippen LogP contribution in [-0.4, -0.2) is 17.8 Å². The van der Waals surface area contributed by atoms with Gasteiger partial charge in [0.05, 0.1) is 10.6 Å². The minimum absolute atomic E-state index is 0.513. The molecule has 2 aromatic rings. The Labute approximate surface area is 129 Å². The predicted molar refractivity (Wildman–Crippen MR) is 87.8 cm³/mol. The summed E-state index contributed by atoms with van der Waals surface area (Å²) in [6.07, 6.45) is 5.57. The first-order chi connectivity index (χ1) is 10.3. The highest BCUT2D eigenvalue weighted by molar-refractivity contribution is 7.17. The number of anilines is 2. The zero-order valence-corrected chi connectivity index (χ0v) is 13.1. The molecule has 21 heavy (non-hydrogen) atoms. The second-order valence-corrected chi connectivity index (χ2v) is 6.49. The number of aromatic nitrogens is 1. The molecule has 0 saturated heterocycles. The van der Waals surface area contributed by atoms with Crippen molar-refractivity contribution in [2.45, 2.75) is 38.5 Å². The summed E-state index contributed by atoms with van der Waals surface area (Å²) >= 11 is 1.53. The second-order valence-electron chi connectivity index (χ2n) is 5.48. The number of carbonyl (C=O) groups is 1. The fourth-order valence-corrected chi connectivity index (χ4v) is 3.45. The lowest BCUT2D eigenvalue weighted by Crippen LogP contribution is -2.18. The molecule has 0 bridgehead atoms. The first-order valence-corrected chi connectivity index (χ1v) is 8.43. The monoisotopic (exact) mass is 300 g/mol. The molecule has 0 amide bonds. The van der Waals surface area contributed by atoms with Gasteiger partial charge in [-0.2, -0.15) is 0 Å². The second kappa shape index (κ2) is 6.39. The molecule has 1 aromatic heterocycles. The topological polar surface area (TPSA) is 33.2 Å². The number of benzene rings is 1. The van der Waals surface area contributed by atoms with Gasteiger partial charge < -0.3 is 4.90 Å². The van der Waals surface area contributed by atoms with Gasteiger partial charge in [0.1, 0.15) is 0 Å². The lowest BCUT2D eigenvalue weighted by Gasteiger charge is -2.21. The van der Waals surface area contributed by atoms with Crippen LogP contribution in [0.4, 0.5) is 10.8 Å². The van der Waals surface area contributed by atoms with Crippen molar-refractivity contribution in [2.75, 3.05) is 11.4 Å². The summed E-state index contributed by atoms with van der Waals surface area (Å²) in [5.74, 6) is 0.513. The maximum absolute atomic E-state index is 11.3. The molecule has 0 atom stereocenters. The van der Waals surface area contributed by atoms with Crippen LogP contribution in [0.25, 0.3) is 0 Å². The Balaban J connectivity index is 1.94. The minimum atomic E-state index is 0.513. The van der Waals surface area contributed by atoms with Gasteiger partial charge in [-0.3, -0.25) is 4.79 Å². The van der Waals surface area contributed by atoms with Gasteiger partial charge >= 0.3 is 0 Å². The smallest absolute Gasteiger partial charge is 0.190 e. The standard InChI is InChI=1S/C17H20N2OS/c1-2-3-11-19(14-7-5-4-6-8-14)17-18-16(13-9-10-13)15(12-20)21-17/h4-8,12-13H,2-3,9-11H2,1H3. The van der Waals surface area contributed by atoms with E-state index in [1.54, 1.807) is 0 Å². The van der Waals surface area contributed by atoms with Crippen molar-refractivity contribution in [3.8, 4) is 0 Å². The number of aldehydes is 1. The van der Waals surface area contributed by atoms with E-state index in [0.29, 0.717) is 5.92 Å². The lowest BCUT2D eigenvalue weighted by molar-refractivity contribution is 0.112. The third kappa shape index (κ3) is 3.16. The lowest BCUT2D eigenvalue weighted by atomic mass is 10.2. The first-order valence-electron chi connectivity index (χ1n) is 7.62. The molecule has 1 aliphatic rings. The SMILES string of the molecule is CCCCN(c1ccccc1)c1nc(C2CC2)c(C=O)s1. The van der Waals surface area contributed by atoms with E-state index < -0.39 is 0 Å². The minimum Gasteiger partial charge on any atom is -0.318 e. The summed E-state index contributed by atoms with van der Waals surface area (Å²) in [6.45, 7) is 3.13. The van der Waals surface area contributed by atoms with E-state index in [9.17, 15) is 4.79 Å². The zero-order valence-electron chi connectivity index (χ0n) is 12.3. The van der Waals surface area contributed by atoms with Crippen molar-refractivity contribution >= 4 is 28.4 Å². The normalized spacial score (nSPS) is 14.1. The van der Waals surface area contributed by atoms with Crippen molar-refractivity contribution in [2.24, 2.45) is 0 Å². The molecule has 0 unspecified atom stereocenters. The van der Waals surface area contributed by atoms with Crippen LogP contribution in [-0.2, 0) is 0 Å². The number of unbranched alkanes of at least 4 members (excludes halogenated alkanes) is 1. The number of hydrogen-bond donors (Lipinski definition) is 0. The molecule has 1 heterocycles. The quantitative estimate of drug-likeness (QED) is 0.690. The maximum atomic E-state index is 11.3. The summed E-state index contributed by atoms with van der Waals surface area (Å²) in [7, 11) is 0. The molecule has 0 radical (unpaired) electrons. The maximum Gasteiger partial charge on any atom is 0.190 e. The Morgan fingerprint density at radius 1 is 1.33 bits per heavy atom. The Morgan fingerprint density at radius 3 is 2.71 bits per heavy atom. The van der Waals surface area contributed by atoms with E-state index in [2.05, 4.69) is 24.0 Å². The Kier molecular flexibility index (Phi) is 4.34. The van der Waals surface area contributed by atoms with E-state index in [1.807, 2.05) is 18.2 Å². The summed E-state index contributed by atoms with van der Waals surface area (Å²) in [5.41, 5.74) is 2.17. The van der Waals surface area contributed by atoms with Crippen LogP contribution in [0.3, 0.4) is 0 Å². The predicted octanol–water partition coefficient (Wildman–Crippen LogP) is 4.77. The summed E-state index contributed by atoms with van der Waals surface area (Å²) < 4.78 is 0. The fourth-order valence-electron chi connectivity index (χ4n) is 2.44. The molecule has 110 valence electrons. The molecular formula is C17H20N2OS. The average molecular weight is 300 g/mol. The molecule has 1 aromatic carbocycles. The molecule has 4 heteroatoms. The van der Waals surface area contributed by atoms with Crippen molar-refractivity contribution in [3.63, 3.8) is 0 Å². The zero-order chi connectivity index (χ0) is 14.7. The number of nitrogens with zero attached hydrogens (tertiary/aromatic N) is 2. The number of rotatable bonds is 7.